The Balaban J connectivity index is 2.05. The van der Waals surface area contributed by atoms with E-state index in [2.05, 4.69) is 10.5 Å². The molecule has 2 aromatic carbocycles. The van der Waals surface area contributed by atoms with Gasteiger partial charge in [-0.2, -0.15) is 5.10 Å². The first-order valence-corrected chi connectivity index (χ1v) is 8.28. The van der Waals surface area contributed by atoms with E-state index in [4.69, 9.17) is 18.9 Å². The van der Waals surface area contributed by atoms with Crippen molar-refractivity contribution in [1.82, 2.24) is 5.43 Å². The van der Waals surface area contributed by atoms with Crippen LogP contribution in [0, 0.1) is 0 Å². The molecular weight excluding hydrogens is 348 g/mol. The molecule has 0 bridgehead atoms. The first kappa shape index (κ1) is 20.1. The quantitative estimate of drug-likeness (QED) is 0.569. The number of carbonyl (C=O) groups is 1. The zero-order valence-corrected chi connectivity index (χ0v) is 16.2. The van der Waals surface area contributed by atoms with E-state index in [9.17, 15) is 4.79 Å². The third-order valence-electron chi connectivity index (χ3n) is 3.96. The van der Waals surface area contributed by atoms with Crippen LogP contribution in [0.15, 0.2) is 41.5 Å². The Labute approximate surface area is 158 Å². The van der Waals surface area contributed by atoms with Crippen LogP contribution in [0.2, 0.25) is 0 Å². The first-order valence-electron chi connectivity index (χ1n) is 8.28. The molecule has 0 atom stereocenters. The molecule has 0 aliphatic rings. The van der Waals surface area contributed by atoms with Crippen molar-refractivity contribution < 1.29 is 23.7 Å². The van der Waals surface area contributed by atoms with Gasteiger partial charge in [-0.25, -0.2) is 5.43 Å². The molecule has 1 amide bonds. The number of rotatable bonds is 8. The van der Waals surface area contributed by atoms with Gasteiger partial charge in [0.2, 0.25) is 5.91 Å². The molecule has 0 saturated heterocycles. The van der Waals surface area contributed by atoms with Gasteiger partial charge in [0, 0.05) is 5.56 Å². The van der Waals surface area contributed by atoms with Crippen molar-refractivity contribution in [3.63, 3.8) is 0 Å². The van der Waals surface area contributed by atoms with Gasteiger partial charge in [0.25, 0.3) is 0 Å². The fraction of sp³-hybridized carbons (Fsp3) is 0.300. The monoisotopic (exact) mass is 372 g/mol. The van der Waals surface area contributed by atoms with Crippen LogP contribution in [0.25, 0.3) is 0 Å². The van der Waals surface area contributed by atoms with Crippen LogP contribution in [0.4, 0.5) is 0 Å². The molecular formula is C20H24N2O5. The molecule has 0 heterocycles. The standard InChI is InChI=1S/C20H24N2O5/c1-13(15-7-9-17(25-3)19(12-15)27-5)21-22-20(23)11-14-6-8-16(24-2)18(10-14)26-4/h6-10,12H,11H2,1-5H3,(H,22,23). The number of hydrazone groups is 1. The highest BCUT2D eigenvalue weighted by Gasteiger charge is 2.09. The number of nitrogens with one attached hydrogen (secondary N) is 1. The largest absolute Gasteiger partial charge is 0.493 e. The van der Waals surface area contributed by atoms with Crippen molar-refractivity contribution in [1.29, 1.82) is 0 Å². The van der Waals surface area contributed by atoms with Crippen LogP contribution < -0.4 is 24.4 Å². The smallest absolute Gasteiger partial charge is 0.244 e. The summed E-state index contributed by atoms with van der Waals surface area (Å²) in [5.74, 6) is 2.19. The maximum Gasteiger partial charge on any atom is 0.244 e. The molecule has 2 rings (SSSR count). The zero-order valence-electron chi connectivity index (χ0n) is 16.2. The Morgan fingerprint density at radius 3 is 2.00 bits per heavy atom. The average Bonchev–Trinajstić information content (AvgIpc) is 2.71. The third kappa shape index (κ3) is 5.13. The first-order chi connectivity index (χ1) is 13.0. The Kier molecular flexibility index (Phi) is 7.05. The number of nitrogens with zero attached hydrogens (tertiary/aromatic N) is 1. The minimum atomic E-state index is -0.234. The fourth-order valence-corrected chi connectivity index (χ4v) is 2.49. The van der Waals surface area contributed by atoms with Crippen molar-refractivity contribution in [2.45, 2.75) is 13.3 Å². The van der Waals surface area contributed by atoms with E-state index in [-0.39, 0.29) is 12.3 Å². The average molecular weight is 372 g/mol. The second-order valence-electron chi connectivity index (χ2n) is 5.67. The predicted molar refractivity (Wildman–Crippen MR) is 103 cm³/mol. The minimum absolute atomic E-state index is 0.170. The predicted octanol–water partition coefficient (Wildman–Crippen LogP) is 2.80. The number of methoxy groups -OCH3 is 4. The lowest BCUT2D eigenvalue weighted by Gasteiger charge is -2.10. The summed E-state index contributed by atoms with van der Waals surface area (Å²) in [6, 6.07) is 10.8. The molecule has 0 unspecified atom stereocenters. The normalized spacial score (nSPS) is 10.9. The number of benzene rings is 2. The minimum Gasteiger partial charge on any atom is -0.493 e. The maximum absolute atomic E-state index is 12.2. The molecule has 1 N–H and O–H groups in total. The van der Waals surface area contributed by atoms with Crippen LogP contribution in [-0.2, 0) is 11.2 Å². The van der Waals surface area contributed by atoms with Gasteiger partial charge in [-0.05, 0) is 42.8 Å². The van der Waals surface area contributed by atoms with Crippen LogP contribution in [-0.4, -0.2) is 40.1 Å². The van der Waals surface area contributed by atoms with E-state index in [0.29, 0.717) is 28.7 Å². The van der Waals surface area contributed by atoms with E-state index in [1.165, 1.54) is 0 Å². The van der Waals surface area contributed by atoms with Crippen LogP contribution >= 0.6 is 0 Å². The SMILES string of the molecule is COc1ccc(CC(=O)NN=C(C)c2ccc(OC)c(OC)c2)cc1OC. The van der Waals surface area contributed by atoms with Crippen molar-refractivity contribution in [3.05, 3.63) is 47.5 Å². The summed E-state index contributed by atoms with van der Waals surface area (Å²) < 4.78 is 20.9. The Morgan fingerprint density at radius 2 is 1.41 bits per heavy atom. The number of hydrogen-bond donors (Lipinski definition) is 1. The van der Waals surface area contributed by atoms with E-state index < -0.39 is 0 Å². The van der Waals surface area contributed by atoms with Gasteiger partial charge < -0.3 is 18.9 Å². The van der Waals surface area contributed by atoms with E-state index in [0.717, 1.165) is 11.1 Å². The molecule has 0 fully saturated rings. The van der Waals surface area contributed by atoms with Gasteiger partial charge in [0.1, 0.15) is 0 Å². The molecule has 144 valence electrons. The van der Waals surface area contributed by atoms with E-state index in [1.807, 2.05) is 12.1 Å². The van der Waals surface area contributed by atoms with E-state index in [1.54, 1.807) is 59.6 Å². The molecule has 0 radical (unpaired) electrons. The van der Waals surface area contributed by atoms with Crippen molar-refractivity contribution in [2.75, 3.05) is 28.4 Å². The van der Waals surface area contributed by atoms with Crippen LogP contribution in [0.3, 0.4) is 0 Å². The highest BCUT2D eigenvalue weighted by atomic mass is 16.5. The number of hydrogen-bond acceptors (Lipinski definition) is 6. The molecule has 7 heteroatoms. The summed E-state index contributed by atoms with van der Waals surface area (Å²) in [6.07, 6.45) is 0.170. The molecule has 0 aromatic heterocycles. The van der Waals surface area contributed by atoms with E-state index >= 15 is 0 Å². The Hall–Kier alpha value is -3.22. The van der Waals surface area contributed by atoms with Gasteiger partial charge in [-0.3, -0.25) is 4.79 Å². The van der Waals surface area contributed by atoms with Crippen LogP contribution in [0.5, 0.6) is 23.0 Å². The fourth-order valence-electron chi connectivity index (χ4n) is 2.49. The summed E-state index contributed by atoms with van der Waals surface area (Å²) in [5.41, 5.74) is 4.83. The highest BCUT2D eigenvalue weighted by molar-refractivity contribution is 5.99. The second-order valence-corrected chi connectivity index (χ2v) is 5.67. The maximum atomic E-state index is 12.2. The lowest BCUT2D eigenvalue weighted by atomic mass is 10.1. The van der Waals surface area contributed by atoms with Gasteiger partial charge in [-0.1, -0.05) is 6.07 Å². The van der Waals surface area contributed by atoms with Crippen molar-refractivity contribution in [2.24, 2.45) is 5.10 Å². The topological polar surface area (TPSA) is 78.4 Å². The molecule has 7 nitrogen and oxygen atoms in total. The molecule has 27 heavy (non-hydrogen) atoms. The van der Waals surface area contributed by atoms with Gasteiger partial charge in [-0.15, -0.1) is 0 Å². The Morgan fingerprint density at radius 1 is 0.852 bits per heavy atom. The van der Waals surface area contributed by atoms with Gasteiger partial charge >= 0.3 is 0 Å². The molecule has 0 saturated carbocycles. The third-order valence-corrected chi connectivity index (χ3v) is 3.96. The number of amides is 1. The summed E-state index contributed by atoms with van der Waals surface area (Å²) in [4.78, 5) is 12.2. The summed E-state index contributed by atoms with van der Waals surface area (Å²) in [6.45, 7) is 1.80. The Bertz CT molecular complexity index is 833. The zero-order chi connectivity index (χ0) is 19.8. The summed E-state index contributed by atoms with van der Waals surface area (Å²) in [7, 11) is 6.26. The number of carbonyl (C=O) groups excluding carboxylic acids is 1. The molecule has 2 aromatic rings. The van der Waals surface area contributed by atoms with Gasteiger partial charge in [0.15, 0.2) is 23.0 Å². The summed E-state index contributed by atoms with van der Waals surface area (Å²) >= 11 is 0. The lowest BCUT2D eigenvalue weighted by Crippen LogP contribution is -2.21. The molecule has 0 aliphatic heterocycles. The van der Waals surface area contributed by atoms with Gasteiger partial charge in [0.05, 0.1) is 40.6 Å². The lowest BCUT2D eigenvalue weighted by molar-refractivity contribution is -0.120. The van der Waals surface area contributed by atoms with Crippen molar-refractivity contribution in [3.8, 4) is 23.0 Å². The van der Waals surface area contributed by atoms with Crippen LogP contribution in [0.1, 0.15) is 18.1 Å². The second kappa shape index (κ2) is 9.47. The number of ether oxygens (including phenoxy) is 4. The van der Waals surface area contributed by atoms with Crippen molar-refractivity contribution >= 4 is 11.6 Å². The summed E-state index contributed by atoms with van der Waals surface area (Å²) in [5, 5.41) is 4.16. The molecule has 0 aliphatic carbocycles. The molecule has 0 spiro atoms. The highest BCUT2D eigenvalue weighted by Crippen LogP contribution is 2.28.